The van der Waals surface area contributed by atoms with Crippen molar-refractivity contribution in [1.82, 2.24) is 10.2 Å². The summed E-state index contributed by atoms with van der Waals surface area (Å²) in [5.74, 6) is 0.0580. The van der Waals surface area contributed by atoms with Crippen molar-refractivity contribution in [1.29, 1.82) is 0 Å². The molecule has 2 aliphatic rings. The van der Waals surface area contributed by atoms with E-state index in [1.54, 1.807) is 0 Å². The first-order chi connectivity index (χ1) is 9.78. The molecule has 0 radical (unpaired) electrons. The number of benzene rings is 1. The minimum Gasteiger partial charge on any atom is -0.348 e. The second-order valence-electron chi connectivity index (χ2n) is 5.85. The normalized spacial score (nSPS) is 25.6. The highest BCUT2D eigenvalue weighted by Gasteiger charge is 2.37. The Morgan fingerprint density at radius 3 is 3.10 bits per heavy atom. The molecule has 1 aromatic rings. The van der Waals surface area contributed by atoms with Gasteiger partial charge in [0.15, 0.2) is 0 Å². The molecule has 2 fully saturated rings. The maximum absolute atomic E-state index is 12.4. The summed E-state index contributed by atoms with van der Waals surface area (Å²) in [5.41, 5.74) is 7.46. The highest BCUT2D eigenvalue weighted by atomic mass is 16.1. The van der Waals surface area contributed by atoms with Gasteiger partial charge >= 0.3 is 0 Å². The minimum atomic E-state index is 0.0580. The summed E-state index contributed by atoms with van der Waals surface area (Å²) in [6.07, 6.45) is 4.39. The lowest BCUT2D eigenvalue weighted by atomic mass is 10.0. The van der Waals surface area contributed by atoms with Gasteiger partial charge in [-0.15, -0.1) is 0 Å². The lowest BCUT2D eigenvalue weighted by Gasteiger charge is -2.21. The highest BCUT2D eigenvalue weighted by molar-refractivity contribution is 5.94. The van der Waals surface area contributed by atoms with Crippen molar-refractivity contribution < 1.29 is 4.79 Å². The molecule has 0 aromatic heterocycles. The molecule has 0 aliphatic carbocycles. The number of hydrogen-bond acceptors (Lipinski definition) is 3. The van der Waals surface area contributed by atoms with Crippen molar-refractivity contribution in [3.63, 3.8) is 0 Å². The molecule has 4 nitrogen and oxygen atoms in total. The molecule has 2 aliphatic heterocycles. The molecule has 3 N–H and O–H groups in total. The second-order valence-corrected chi connectivity index (χ2v) is 5.85. The van der Waals surface area contributed by atoms with Gasteiger partial charge in [-0.25, -0.2) is 0 Å². The maximum atomic E-state index is 12.4. The zero-order valence-electron chi connectivity index (χ0n) is 11.8. The Bertz CT molecular complexity index is 488. The Hall–Kier alpha value is -1.39. The number of hydrogen-bond donors (Lipinski definition) is 2. The van der Waals surface area contributed by atoms with Gasteiger partial charge in [0, 0.05) is 24.2 Å². The van der Waals surface area contributed by atoms with Crippen LogP contribution in [0.2, 0.25) is 0 Å². The smallest absolute Gasteiger partial charge is 0.251 e. The van der Waals surface area contributed by atoms with Gasteiger partial charge in [0.1, 0.15) is 0 Å². The van der Waals surface area contributed by atoms with Crippen LogP contribution in [0.1, 0.15) is 35.2 Å². The van der Waals surface area contributed by atoms with Gasteiger partial charge in [0.2, 0.25) is 0 Å². The zero-order chi connectivity index (χ0) is 13.9. The van der Waals surface area contributed by atoms with Crippen LogP contribution in [0.25, 0.3) is 0 Å². The third-order valence-electron chi connectivity index (χ3n) is 4.54. The molecule has 2 heterocycles. The summed E-state index contributed by atoms with van der Waals surface area (Å²) in [6, 6.07) is 8.70. The quantitative estimate of drug-likeness (QED) is 0.865. The van der Waals surface area contributed by atoms with Crippen LogP contribution in [0.15, 0.2) is 24.3 Å². The Labute approximate surface area is 120 Å². The molecule has 3 rings (SSSR count). The summed E-state index contributed by atoms with van der Waals surface area (Å²) in [4.78, 5) is 14.9. The molecule has 0 spiro atoms. The van der Waals surface area contributed by atoms with Crippen LogP contribution in [0.5, 0.6) is 0 Å². The van der Waals surface area contributed by atoms with Crippen molar-refractivity contribution >= 4 is 5.91 Å². The fourth-order valence-corrected chi connectivity index (χ4v) is 3.54. The van der Waals surface area contributed by atoms with Crippen molar-refractivity contribution in [3.8, 4) is 0 Å². The average molecular weight is 273 g/mol. The summed E-state index contributed by atoms with van der Waals surface area (Å²) < 4.78 is 0. The summed E-state index contributed by atoms with van der Waals surface area (Å²) in [7, 11) is 0. The molecule has 20 heavy (non-hydrogen) atoms. The van der Waals surface area contributed by atoms with Crippen molar-refractivity contribution in [3.05, 3.63) is 35.4 Å². The molecule has 0 saturated carbocycles. The molecule has 2 unspecified atom stereocenters. The number of nitrogens with zero attached hydrogens (tertiary/aromatic N) is 1. The van der Waals surface area contributed by atoms with Gasteiger partial charge in [-0.3, -0.25) is 9.69 Å². The van der Waals surface area contributed by atoms with Crippen LogP contribution in [-0.4, -0.2) is 42.5 Å². The number of carbonyl (C=O) groups is 1. The van der Waals surface area contributed by atoms with E-state index in [9.17, 15) is 4.79 Å². The largest absolute Gasteiger partial charge is 0.348 e. The van der Waals surface area contributed by atoms with E-state index in [-0.39, 0.29) is 5.91 Å². The van der Waals surface area contributed by atoms with Gasteiger partial charge in [-0.2, -0.15) is 0 Å². The highest BCUT2D eigenvalue weighted by Crippen LogP contribution is 2.28. The molecule has 0 bridgehead atoms. The van der Waals surface area contributed by atoms with Crippen LogP contribution in [-0.2, 0) is 6.42 Å². The number of fused-ring (bicyclic) bond motifs is 1. The fourth-order valence-electron chi connectivity index (χ4n) is 3.54. The summed E-state index contributed by atoms with van der Waals surface area (Å²) >= 11 is 0. The van der Waals surface area contributed by atoms with E-state index < -0.39 is 0 Å². The van der Waals surface area contributed by atoms with Gasteiger partial charge in [-0.1, -0.05) is 12.1 Å². The van der Waals surface area contributed by atoms with E-state index in [0.29, 0.717) is 18.6 Å². The third-order valence-corrected chi connectivity index (χ3v) is 4.54. The van der Waals surface area contributed by atoms with E-state index in [1.165, 1.54) is 19.4 Å². The maximum Gasteiger partial charge on any atom is 0.251 e. The standard InChI is InChI=1S/C16H23N3O/c17-8-6-12-3-1-4-13(11-12)16(20)18-14-7-10-19-9-2-5-15(14)19/h1,3-4,11,14-15H,2,5-10,17H2,(H,18,20). The van der Waals surface area contributed by atoms with Crippen LogP contribution < -0.4 is 11.1 Å². The molecule has 108 valence electrons. The van der Waals surface area contributed by atoms with E-state index in [4.69, 9.17) is 5.73 Å². The zero-order valence-corrected chi connectivity index (χ0v) is 11.8. The number of carbonyl (C=O) groups excluding carboxylic acids is 1. The Balaban J connectivity index is 1.65. The van der Waals surface area contributed by atoms with E-state index in [1.807, 2.05) is 24.3 Å². The van der Waals surface area contributed by atoms with Gasteiger partial charge in [0.25, 0.3) is 5.91 Å². The predicted molar refractivity (Wildman–Crippen MR) is 79.7 cm³/mol. The molecular formula is C16H23N3O. The molecule has 2 atom stereocenters. The van der Waals surface area contributed by atoms with Crippen molar-refractivity contribution in [2.24, 2.45) is 5.73 Å². The minimum absolute atomic E-state index is 0.0580. The predicted octanol–water partition coefficient (Wildman–Crippen LogP) is 1.15. The molecule has 1 aromatic carbocycles. The number of nitrogens with one attached hydrogen (secondary N) is 1. The van der Waals surface area contributed by atoms with Crippen molar-refractivity contribution in [2.45, 2.75) is 37.8 Å². The lowest BCUT2D eigenvalue weighted by Crippen LogP contribution is -2.42. The van der Waals surface area contributed by atoms with Crippen LogP contribution >= 0.6 is 0 Å². The number of nitrogens with two attached hydrogens (primary N) is 1. The Morgan fingerprint density at radius 2 is 2.25 bits per heavy atom. The Kier molecular flexibility index (Phi) is 4.03. The van der Waals surface area contributed by atoms with Gasteiger partial charge in [-0.05, 0) is 56.5 Å². The summed E-state index contributed by atoms with van der Waals surface area (Å²) in [6.45, 7) is 2.94. The first-order valence-corrected chi connectivity index (χ1v) is 7.62. The monoisotopic (exact) mass is 273 g/mol. The first kappa shape index (κ1) is 13.6. The van der Waals surface area contributed by atoms with Crippen LogP contribution in [0.3, 0.4) is 0 Å². The lowest BCUT2D eigenvalue weighted by molar-refractivity contribution is 0.0929. The third kappa shape index (κ3) is 2.72. The van der Waals surface area contributed by atoms with Crippen LogP contribution in [0, 0.1) is 0 Å². The number of rotatable bonds is 4. The van der Waals surface area contributed by atoms with Gasteiger partial charge in [0.05, 0.1) is 0 Å². The topological polar surface area (TPSA) is 58.4 Å². The average Bonchev–Trinajstić information content (AvgIpc) is 3.04. The summed E-state index contributed by atoms with van der Waals surface area (Å²) in [5, 5.41) is 3.22. The SMILES string of the molecule is NCCc1cccc(C(=O)NC2CCN3CCCC23)c1. The molecule has 2 saturated heterocycles. The van der Waals surface area contributed by atoms with E-state index in [2.05, 4.69) is 10.2 Å². The number of amides is 1. The van der Waals surface area contributed by atoms with E-state index in [0.717, 1.165) is 30.5 Å². The van der Waals surface area contributed by atoms with Crippen LogP contribution in [0.4, 0.5) is 0 Å². The second kappa shape index (κ2) is 5.94. The molecular weight excluding hydrogens is 250 g/mol. The van der Waals surface area contributed by atoms with Gasteiger partial charge < -0.3 is 11.1 Å². The van der Waals surface area contributed by atoms with E-state index >= 15 is 0 Å². The molecule has 1 amide bonds. The first-order valence-electron chi connectivity index (χ1n) is 7.62. The van der Waals surface area contributed by atoms with Crippen molar-refractivity contribution in [2.75, 3.05) is 19.6 Å². The molecule has 4 heteroatoms. The Morgan fingerprint density at radius 1 is 1.35 bits per heavy atom. The fraction of sp³-hybridized carbons (Fsp3) is 0.562.